The van der Waals surface area contributed by atoms with Crippen molar-refractivity contribution in [1.29, 1.82) is 0 Å². The fourth-order valence-electron chi connectivity index (χ4n) is 2.88. The SMILES string of the molecule is Cn1cc(-c2cnc(N)c(-c3ccc4c(c3)CCNC4=O)n2)cn1. The molecule has 0 atom stereocenters. The second kappa shape index (κ2) is 5.45. The Hall–Kier alpha value is -3.22. The number of hydrogen-bond acceptors (Lipinski definition) is 5. The molecule has 1 aromatic carbocycles. The van der Waals surface area contributed by atoms with Gasteiger partial charge in [0.15, 0.2) is 0 Å². The molecule has 0 radical (unpaired) electrons. The van der Waals surface area contributed by atoms with Crippen molar-refractivity contribution in [3.8, 4) is 22.5 Å². The van der Waals surface area contributed by atoms with Gasteiger partial charge in [-0.3, -0.25) is 9.48 Å². The van der Waals surface area contributed by atoms with Gasteiger partial charge in [0.25, 0.3) is 5.91 Å². The van der Waals surface area contributed by atoms with Gasteiger partial charge in [-0.25, -0.2) is 9.97 Å². The van der Waals surface area contributed by atoms with Crippen molar-refractivity contribution >= 4 is 11.7 Å². The molecule has 2 aromatic heterocycles. The van der Waals surface area contributed by atoms with Crippen LogP contribution in [0, 0.1) is 0 Å². The van der Waals surface area contributed by atoms with Crippen LogP contribution in [0.15, 0.2) is 36.8 Å². The summed E-state index contributed by atoms with van der Waals surface area (Å²) in [5, 5.41) is 7.00. The number of fused-ring (bicyclic) bond motifs is 1. The van der Waals surface area contributed by atoms with E-state index in [9.17, 15) is 4.79 Å². The number of nitrogens with two attached hydrogens (primary N) is 1. The van der Waals surface area contributed by atoms with Gasteiger partial charge < -0.3 is 11.1 Å². The molecule has 0 fully saturated rings. The third-order valence-corrected chi connectivity index (χ3v) is 4.10. The number of aryl methyl sites for hydroxylation is 1. The fraction of sp³-hybridized carbons (Fsp3) is 0.176. The Bertz CT molecular complexity index is 946. The lowest BCUT2D eigenvalue weighted by Gasteiger charge is -2.17. The number of hydrogen-bond donors (Lipinski definition) is 2. The topological polar surface area (TPSA) is 98.7 Å². The van der Waals surface area contributed by atoms with Crippen molar-refractivity contribution in [2.24, 2.45) is 7.05 Å². The zero-order valence-electron chi connectivity index (χ0n) is 13.2. The minimum atomic E-state index is -0.0361. The van der Waals surface area contributed by atoms with E-state index in [1.165, 1.54) is 0 Å². The molecule has 4 rings (SSSR count). The van der Waals surface area contributed by atoms with Gasteiger partial charge >= 0.3 is 0 Å². The Labute approximate surface area is 138 Å². The summed E-state index contributed by atoms with van der Waals surface area (Å²) in [6.07, 6.45) is 6.05. The molecule has 24 heavy (non-hydrogen) atoms. The number of nitrogen functional groups attached to an aromatic ring is 1. The normalized spacial score (nSPS) is 13.5. The molecule has 1 amide bonds. The van der Waals surface area contributed by atoms with E-state index in [2.05, 4.69) is 20.4 Å². The fourth-order valence-corrected chi connectivity index (χ4v) is 2.88. The van der Waals surface area contributed by atoms with Gasteiger partial charge in [0, 0.05) is 36.5 Å². The smallest absolute Gasteiger partial charge is 0.251 e. The molecule has 3 heterocycles. The lowest BCUT2D eigenvalue weighted by atomic mass is 9.96. The molecule has 7 nitrogen and oxygen atoms in total. The van der Waals surface area contributed by atoms with Gasteiger partial charge in [0.2, 0.25) is 0 Å². The molecule has 7 heteroatoms. The second-order valence-electron chi connectivity index (χ2n) is 5.77. The van der Waals surface area contributed by atoms with Crippen LogP contribution in [0.25, 0.3) is 22.5 Å². The second-order valence-corrected chi connectivity index (χ2v) is 5.77. The number of nitrogens with one attached hydrogen (secondary N) is 1. The molecule has 0 aliphatic carbocycles. The Morgan fingerprint density at radius 3 is 2.92 bits per heavy atom. The van der Waals surface area contributed by atoms with E-state index in [0.29, 0.717) is 29.3 Å². The number of anilines is 1. The van der Waals surface area contributed by atoms with Gasteiger partial charge in [-0.15, -0.1) is 0 Å². The largest absolute Gasteiger partial charge is 0.382 e. The van der Waals surface area contributed by atoms with Crippen LogP contribution in [0.1, 0.15) is 15.9 Å². The van der Waals surface area contributed by atoms with E-state index in [-0.39, 0.29) is 5.91 Å². The van der Waals surface area contributed by atoms with Crippen molar-refractivity contribution in [3.63, 3.8) is 0 Å². The Morgan fingerprint density at radius 2 is 2.12 bits per heavy atom. The molecule has 0 bridgehead atoms. The van der Waals surface area contributed by atoms with Crippen LogP contribution in [0.2, 0.25) is 0 Å². The summed E-state index contributed by atoms with van der Waals surface area (Å²) in [6, 6.07) is 5.65. The highest BCUT2D eigenvalue weighted by Crippen LogP contribution is 2.28. The van der Waals surface area contributed by atoms with Crippen LogP contribution in [-0.4, -0.2) is 32.2 Å². The van der Waals surface area contributed by atoms with E-state index in [1.54, 1.807) is 17.1 Å². The van der Waals surface area contributed by atoms with Crippen LogP contribution in [-0.2, 0) is 13.5 Å². The number of nitrogens with zero attached hydrogens (tertiary/aromatic N) is 4. The minimum Gasteiger partial charge on any atom is -0.382 e. The highest BCUT2D eigenvalue weighted by Gasteiger charge is 2.18. The maximum absolute atomic E-state index is 11.9. The van der Waals surface area contributed by atoms with Gasteiger partial charge in [-0.05, 0) is 24.1 Å². The molecule has 3 aromatic rings. The van der Waals surface area contributed by atoms with Gasteiger partial charge in [-0.1, -0.05) is 6.07 Å². The van der Waals surface area contributed by atoms with Crippen molar-refractivity contribution in [2.45, 2.75) is 6.42 Å². The van der Waals surface area contributed by atoms with Crippen molar-refractivity contribution < 1.29 is 4.79 Å². The molecule has 0 saturated carbocycles. The lowest BCUT2D eigenvalue weighted by Crippen LogP contribution is -2.31. The summed E-state index contributed by atoms with van der Waals surface area (Å²) in [6.45, 7) is 0.645. The molecule has 1 aliphatic heterocycles. The van der Waals surface area contributed by atoms with E-state index in [4.69, 9.17) is 5.73 Å². The zero-order valence-corrected chi connectivity index (χ0v) is 13.2. The Kier molecular flexibility index (Phi) is 3.26. The summed E-state index contributed by atoms with van der Waals surface area (Å²) in [7, 11) is 1.85. The van der Waals surface area contributed by atoms with Crippen molar-refractivity contribution in [1.82, 2.24) is 25.1 Å². The van der Waals surface area contributed by atoms with Crippen LogP contribution in [0.4, 0.5) is 5.82 Å². The Morgan fingerprint density at radius 1 is 1.25 bits per heavy atom. The van der Waals surface area contributed by atoms with Gasteiger partial charge in [0.05, 0.1) is 18.1 Å². The van der Waals surface area contributed by atoms with E-state index < -0.39 is 0 Å². The van der Waals surface area contributed by atoms with Crippen LogP contribution in [0.5, 0.6) is 0 Å². The molecular formula is C17H16N6O. The average molecular weight is 320 g/mol. The quantitative estimate of drug-likeness (QED) is 0.744. The first-order valence-electron chi connectivity index (χ1n) is 7.65. The summed E-state index contributed by atoms with van der Waals surface area (Å²) in [4.78, 5) is 20.8. The highest BCUT2D eigenvalue weighted by atomic mass is 16.1. The van der Waals surface area contributed by atoms with Crippen LogP contribution >= 0.6 is 0 Å². The monoisotopic (exact) mass is 320 g/mol. The predicted octanol–water partition coefficient (Wildman–Crippen LogP) is 1.41. The van der Waals surface area contributed by atoms with Crippen LogP contribution in [0.3, 0.4) is 0 Å². The molecule has 0 saturated heterocycles. The summed E-state index contributed by atoms with van der Waals surface area (Å²) in [5.74, 6) is 0.328. The minimum absolute atomic E-state index is 0.0361. The number of carbonyl (C=O) groups is 1. The first-order valence-corrected chi connectivity index (χ1v) is 7.65. The predicted molar refractivity (Wildman–Crippen MR) is 90.1 cm³/mol. The molecule has 0 spiro atoms. The van der Waals surface area contributed by atoms with Crippen LogP contribution < -0.4 is 11.1 Å². The third kappa shape index (κ3) is 2.40. The number of aromatic nitrogens is 4. The molecule has 1 aliphatic rings. The number of carbonyl (C=O) groups excluding carboxylic acids is 1. The van der Waals surface area contributed by atoms with E-state index in [1.807, 2.05) is 31.4 Å². The lowest BCUT2D eigenvalue weighted by molar-refractivity contribution is 0.0946. The first-order chi connectivity index (χ1) is 11.6. The van der Waals surface area contributed by atoms with E-state index >= 15 is 0 Å². The van der Waals surface area contributed by atoms with Crippen molar-refractivity contribution in [2.75, 3.05) is 12.3 Å². The summed E-state index contributed by atoms with van der Waals surface area (Å²) >= 11 is 0. The molecule has 0 unspecified atom stereocenters. The Balaban J connectivity index is 1.80. The van der Waals surface area contributed by atoms with Gasteiger partial charge in [0.1, 0.15) is 11.5 Å². The maximum Gasteiger partial charge on any atom is 0.251 e. The molecule has 120 valence electrons. The standard InChI is InChI=1S/C17H16N6O/c1-23-9-12(7-21-23)14-8-20-16(18)15(22-14)11-2-3-13-10(6-11)4-5-19-17(13)24/h2-3,6-9H,4-5H2,1H3,(H2,18,20)(H,19,24). The maximum atomic E-state index is 11.9. The zero-order chi connectivity index (χ0) is 16.7. The van der Waals surface area contributed by atoms with E-state index in [0.717, 1.165) is 23.1 Å². The number of benzene rings is 1. The average Bonchev–Trinajstić information content (AvgIpc) is 3.02. The number of rotatable bonds is 2. The first kappa shape index (κ1) is 14.4. The molecule has 3 N–H and O–H groups in total. The third-order valence-electron chi connectivity index (χ3n) is 4.10. The highest BCUT2D eigenvalue weighted by molar-refractivity contribution is 5.97. The summed E-state index contributed by atoms with van der Waals surface area (Å²) in [5.41, 5.74) is 10.8. The molecular weight excluding hydrogens is 304 g/mol. The number of amides is 1. The van der Waals surface area contributed by atoms with Gasteiger partial charge in [-0.2, -0.15) is 5.10 Å². The summed E-state index contributed by atoms with van der Waals surface area (Å²) < 4.78 is 1.71. The van der Waals surface area contributed by atoms with Crippen molar-refractivity contribution in [3.05, 3.63) is 47.9 Å².